The summed E-state index contributed by atoms with van der Waals surface area (Å²) >= 11 is 0. The molecule has 0 N–H and O–H groups in total. The second kappa shape index (κ2) is 8.03. The number of hydrogen-bond donors (Lipinski definition) is 0. The van der Waals surface area contributed by atoms with Gasteiger partial charge in [-0.05, 0) is 36.4 Å². The fourth-order valence-electron chi connectivity index (χ4n) is 2.09. The molecule has 0 aliphatic carbocycles. The van der Waals surface area contributed by atoms with Crippen molar-refractivity contribution in [2.45, 2.75) is 13.0 Å². The first-order valence-electron chi connectivity index (χ1n) is 7.16. The molecule has 0 unspecified atom stereocenters. The maximum atomic E-state index is 12.7. The molecule has 122 valence electrons. The first-order chi connectivity index (χ1) is 11.1. The predicted molar refractivity (Wildman–Crippen MR) is 83.1 cm³/mol. The van der Waals surface area contributed by atoms with Crippen molar-refractivity contribution in [1.29, 1.82) is 0 Å². The van der Waals surface area contributed by atoms with Gasteiger partial charge in [-0.25, -0.2) is 0 Å². The number of carbonyl (C=O) groups is 2. The quantitative estimate of drug-likeness (QED) is 0.734. The Morgan fingerprint density at radius 1 is 1.13 bits per heavy atom. The van der Waals surface area contributed by atoms with Crippen molar-refractivity contribution in [3.05, 3.63) is 54.0 Å². The van der Waals surface area contributed by atoms with Crippen molar-refractivity contribution in [2.75, 3.05) is 20.8 Å². The van der Waals surface area contributed by atoms with Gasteiger partial charge in [-0.15, -0.1) is 0 Å². The number of amides is 1. The molecule has 2 aromatic rings. The number of rotatable bonds is 7. The van der Waals surface area contributed by atoms with E-state index in [2.05, 4.69) is 4.74 Å². The average Bonchev–Trinajstić information content (AvgIpc) is 3.10. The SMILES string of the molecule is COC(=O)CCN(Cc1ccco1)C(=O)c1ccc(OC)cc1. The maximum Gasteiger partial charge on any atom is 0.307 e. The van der Waals surface area contributed by atoms with Crippen LogP contribution in [0.1, 0.15) is 22.5 Å². The van der Waals surface area contributed by atoms with E-state index in [0.29, 0.717) is 17.1 Å². The van der Waals surface area contributed by atoms with Crippen LogP contribution in [0.4, 0.5) is 0 Å². The number of hydrogen-bond acceptors (Lipinski definition) is 5. The highest BCUT2D eigenvalue weighted by molar-refractivity contribution is 5.94. The van der Waals surface area contributed by atoms with Crippen LogP contribution in [0.25, 0.3) is 0 Å². The zero-order valence-electron chi connectivity index (χ0n) is 13.2. The molecule has 0 spiro atoms. The summed E-state index contributed by atoms with van der Waals surface area (Å²) in [5.74, 6) is 0.773. The number of furan rings is 1. The fraction of sp³-hybridized carbons (Fsp3) is 0.294. The molecule has 0 bridgehead atoms. The van der Waals surface area contributed by atoms with E-state index in [9.17, 15) is 9.59 Å². The molecule has 0 radical (unpaired) electrons. The minimum atomic E-state index is -0.364. The van der Waals surface area contributed by atoms with Crippen LogP contribution in [-0.2, 0) is 16.1 Å². The van der Waals surface area contributed by atoms with Crippen LogP contribution in [0.3, 0.4) is 0 Å². The molecule has 23 heavy (non-hydrogen) atoms. The third-order valence-electron chi connectivity index (χ3n) is 3.36. The molecule has 6 heteroatoms. The predicted octanol–water partition coefficient (Wildman–Crippen LogP) is 2.49. The molecule has 0 fully saturated rings. The molecule has 1 aromatic carbocycles. The van der Waals surface area contributed by atoms with Gasteiger partial charge in [0, 0.05) is 12.1 Å². The second-order valence-corrected chi connectivity index (χ2v) is 4.86. The molecule has 6 nitrogen and oxygen atoms in total. The zero-order chi connectivity index (χ0) is 16.7. The van der Waals surface area contributed by atoms with Gasteiger partial charge in [0.2, 0.25) is 0 Å². The van der Waals surface area contributed by atoms with Crippen molar-refractivity contribution >= 4 is 11.9 Å². The molecule has 1 aromatic heterocycles. The largest absolute Gasteiger partial charge is 0.497 e. The van der Waals surface area contributed by atoms with Crippen LogP contribution >= 0.6 is 0 Å². The molecule has 0 saturated carbocycles. The molecule has 0 saturated heterocycles. The van der Waals surface area contributed by atoms with Gasteiger partial charge in [0.1, 0.15) is 11.5 Å². The van der Waals surface area contributed by atoms with Crippen molar-refractivity contribution in [3.8, 4) is 5.75 Å². The van der Waals surface area contributed by atoms with Crippen molar-refractivity contribution in [1.82, 2.24) is 4.90 Å². The Morgan fingerprint density at radius 2 is 1.87 bits per heavy atom. The highest BCUT2D eigenvalue weighted by atomic mass is 16.5. The zero-order valence-corrected chi connectivity index (χ0v) is 13.2. The normalized spacial score (nSPS) is 10.2. The van der Waals surface area contributed by atoms with E-state index in [1.54, 1.807) is 54.7 Å². The molecule has 1 amide bonds. The van der Waals surface area contributed by atoms with Gasteiger partial charge in [-0.2, -0.15) is 0 Å². The Balaban J connectivity index is 2.12. The van der Waals surface area contributed by atoms with E-state index in [1.165, 1.54) is 7.11 Å². The highest BCUT2D eigenvalue weighted by Gasteiger charge is 2.18. The standard InChI is InChI=1S/C17H19NO5/c1-21-14-7-5-13(6-8-14)17(20)18(10-9-16(19)22-2)12-15-4-3-11-23-15/h3-8,11H,9-10,12H2,1-2H3. The van der Waals surface area contributed by atoms with Gasteiger partial charge in [0.15, 0.2) is 0 Å². The van der Waals surface area contributed by atoms with Gasteiger partial charge in [0.05, 0.1) is 33.4 Å². The smallest absolute Gasteiger partial charge is 0.307 e. The third-order valence-corrected chi connectivity index (χ3v) is 3.36. The Hall–Kier alpha value is -2.76. The first kappa shape index (κ1) is 16.6. The number of methoxy groups -OCH3 is 2. The Bertz CT molecular complexity index is 634. The Labute approximate surface area is 134 Å². The summed E-state index contributed by atoms with van der Waals surface area (Å²) in [5.41, 5.74) is 0.516. The summed E-state index contributed by atoms with van der Waals surface area (Å²) in [4.78, 5) is 25.6. The van der Waals surface area contributed by atoms with Crippen LogP contribution in [0, 0.1) is 0 Å². The molecular formula is C17H19NO5. The Morgan fingerprint density at radius 3 is 2.43 bits per heavy atom. The van der Waals surface area contributed by atoms with E-state index in [0.717, 1.165) is 0 Å². The average molecular weight is 317 g/mol. The number of benzene rings is 1. The van der Waals surface area contributed by atoms with E-state index >= 15 is 0 Å². The van der Waals surface area contributed by atoms with Gasteiger partial charge >= 0.3 is 5.97 Å². The molecule has 2 rings (SSSR count). The fourth-order valence-corrected chi connectivity index (χ4v) is 2.09. The van der Waals surface area contributed by atoms with Crippen LogP contribution < -0.4 is 4.74 Å². The lowest BCUT2D eigenvalue weighted by molar-refractivity contribution is -0.140. The first-order valence-corrected chi connectivity index (χ1v) is 7.16. The molecule has 0 atom stereocenters. The van der Waals surface area contributed by atoms with E-state index in [1.807, 2.05) is 0 Å². The highest BCUT2D eigenvalue weighted by Crippen LogP contribution is 2.15. The summed E-state index contributed by atoms with van der Waals surface area (Å²) in [6.45, 7) is 0.535. The monoisotopic (exact) mass is 317 g/mol. The second-order valence-electron chi connectivity index (χ2n) is 4.86. The van der Waals surface area contributed by atoms with Crippen LogP contribution in [-0.4, -0.2) is 37.5 Å². The van der Waals surface area contributed by atoms with E-state index in [-0.39, 0.29) is 31.4 Å². The number of carbonyl (C=O) groups excluding carboxylic acids is 2. The van der Waals surface area contributed by atoms with Gasteiger partial charge in [0.25, 0.3) is 5.91 Å². The molecule has 0 aliphatic heterocycles. The van der Waals surface area contributed by atoms with Crippen molar-refractivity contribution in [3.63, 3.8) is 0 Å². The van der Waals surface area contributed by atoms with E-state index < -0.39 is 0 Å². The topological polar surface area (TPSA) is 69.0 Å². The van der Waals surface area contributed by atoms with Crippen LogP contribution in [0.2, 0.25) is 0 Å². The molecule has 0 aliphatic rings. The Kier molecular flexibility index (Phi) is 5.80. The third kappa shape index (κ3) is 4.60. The summed E-state index contributed by atoms with van der Waals surface area (Å²) in [7, 11) is 2.89. The van der Waals surface area contributed by atoms with Crippen LogP contribution in [0.5, 0.6) is 5.75 Å². The molecular weight excluding hydrogens is 298 g/mol. The van der Waals surface area contributed by atoms with Crippen molar-refractivity contribution in [2.24, 2.45) is 0 Å². The van der Waals surface area contributed by atoms with Crippen molar-refractivity contribution < 1.29 is 23.5 Å². The minimum Gasteiger partial charge on any atom is -0.497 e. The number of esters is 1. The summed E-state index contributed by atoms with van der Waals surface area (Å²) in [6.07, 6.45) is 1.67. The van der Waals surface area contributed by atoms with Gasteiger partial charge in [-0.3, -0.25) is 9.59 Å². The lowest BCUT2D eigenvalue weighted by Crippen LogP contribution is -2.32. The summed E-state index contributed by atoms with van der Waals surface area (Å²) < 4.78 is 15.0. The minimum absolute atomic E-state index is 0.124. The number of ether oxygens (including phenoxy) is 2. The number of nitrogens with zero attached hydrogens (tertiary/aromatic N) is 1. The lowest BCUT2D eigenvalue weighted by atomic mass is 10.1. The van der Waals surface area contributed by atoms with Gasteiger partial charge < -0.3 is 18.8 Å². The lowest BCUT2D eigenvalue weighted by Gasteiger charge is -2.21. The summed E-state index contributed by atoms with van der Waals surface area (Å²) in [5, 5.41) is 0. The van der Waals surface area contributed by atoms with Crippen LogP contribution in [0.15, 0.2) is 47.1 Å². The van der Waals surface area contributed by atoms with E-state index in [4.69, 9.17) is 9.15 Å². The molecule has 1 heterocycles. The maximum absolute atomic E-state index is 12.7. The summed E-state index contributed by atoms with van der Waals surface area (Å²) in [6, 6.07) is 10.4. The van der Waals surface area contributed by atoms with Gasteiger partial charge in [-0.1, -0.05) is 0 Å².